The van der Waals surface area contributed by atoms with Crippen LogP contribution in [0.4, 0.5) is 0 Å². The van der Waals surface area contributed by atoms with E-state index in [1.165, 1.54) is 18.2 Å². The van der Waals surface area contributed by atoms with Crippen molar-refractivity contribution in [2.24, 2.45) is 4.40 Å². The predicted octanol–water partition coefficient (Wildman–Crippen LogP) is 0.417. The second-order valence-corrected chi connectivity index (χ2v) is 3.70. The van der Waals surface area contributed by atoms with Gasteiger partial charge in [0, 0.05) is 0 Å². The van der Waals surface area contributed by atoms with Crippen LogP contribution >= 0.6 is 0 Å². The summed E-state index contributed by atoms with van der Waals surface area (Å²) in [5, 5.41) is 9.10. The van der Waals surface area contributed by atoms with Crippen molar-refractivity contribution >= 4 is 16.1 Å². The standard InChI is InChI=1S/C7H5NO4S/c9-5-8-13(11,12)7-4-2-1-3-6(7)10/h1-4,10H. The maximum Gasteiger partial charge on any atom is 0.296 e. The molecule has 1 aromatic carbocycles. The molecule has 13 heavy (non-hydrogen) atoms. The van der Waals surface area contributed by atoms with E-state index in [1.54, 1.807) is 0 Å². The topological polar surface area (TPSA) is 83.8 Å². The smallest absolute Gasteiger partial charge is 0.296 e. The van der Waals surface area contributed by atoms with Crippen molar-refractivity contribution in [3.05, 3.63) is 24.3 Å². The molecule has 0 aromatic heterocycles. The maximum absolute atomic E-state index is 11.1. The first-order valence-corrected chi connectivity index (χ1v) is 4.64. The summed E-state index contributed by atoms with van der Waals surface area (Å²) >= 11 is 0. The van der Waals surface area contributed by atoms with Gasteiger partial charge in [-0.15, -0.1) is 0 Å². The Morgan fingerprint density at radius 2 is 1.92 bits per heavy atom. The quantitative estimate of drug-likeness (QED) is 0.552. The van der Waals surface area contributed by atoms with E-state index >= 15 is 0 Å². The van der Waals surface area contributed by atoms with Gasteiger partial charge in [0.1, 0.15) is 10.6 Å². The predicted molar refractivity (Wildman–Crippen MR) is 43.4 cm³/mol. The molecule has 1 rings (SSSR count). The molecular weight excluding hydrogens is 194 g/mol. The Hall–Kier alpha value is -1.65. The molecule has 0 atom stereocenters. The molecule has 0 aliphatic carbocycles. The molecule has 0 amide bonds. The van der Waals surface area contributed by atoms with Gasteiger partial charge in [0.2, 0.25) is 0 Å². The zero-order valence-corrected chi connectivity index (χ0v) is 7.15. The number of phenolic OH excluding ortho intramolecular Hbond substituents is 1. The minimum Gasteiger partial charge on any atom is -0.507 e. The largest absolute Gasteiger partial charge is 0.507 e. The number of benzene rings is 1. The molecule has 0 aliphatic rings. The molecule has 0 saturated heterocycles. The molecule has 1 N–H and O–H groups in total. The highest BCUT2D eigenvalue weighted by molar-refractivity contribution is 7.90. The van der Waals surface area contributed by atoms with Crippen molar-refractivity contribution < 1.29 is 18.3 Å². The summed E-state index contributed by atoms with van der Waals surface area (Å²) in [6.07, 6.45) is 0.910. The molecule has 0 unspecified atom stereocenters. The van der Waals surface area contributed by atoms with Gasteiger partial charge < -0.3 is 5.11 Å². The van der Waals surface area contributed by atoms with Crippen LogP contribution in [0, 0.1) is 0 Å². The van der Waals surface area contributed by atoms with E-state index in [9.17, 15) is 13.2 Å². The molecule has 68 valence electrons. The second-order valence-electron chi connectivity index (χ2n) is 2.13. The minimum absolute atomic E-state index is 0.404. The Balaban J connectivity index is 3.39. The lowest BCUT2D eigenvalue weighted by Gasteiger charge is -1.98. The van der Waals surface area contributed by atoms with Crippen molar-refractivity contribution in [3.63, 3.8) is 0 Å². The third kappa shape index (κ3) is 1.93. The van der Waals surface area contributed by atoms with Gasteiger partial charge in [-0.05, 0) is 12.1 Å². The number of para-hydroxylation sites is 1. The average Bonchev–Trinajstić information content (AvgIpc) is 2.04. The fraction of sp³-hybridized carbons (Fsp3) is 0. The summed E-state index contributed by atoms with van der Waals surface area (Å²) in [5.41, 5.74) is 0. The summed E-state index contributed by atoms with van der Waals surface area (Å²) in [6, 6.07) is 5.20. The first-order chi connectivity index (χ1) is 6.08. The lowest BCUT2D eigenvalue weighted by molar-refractivity contribution is 0.459. The second kappa shape index (κ2) is 3.38. The Morgan fingerprint density at radius 1 is 1.31 bits per heavy atom. The van der Waals surface area contributed by atoms with Crippen LogP contribution in [0.3, 0.4) is 0 Å². The Bertz CT molecular complexity index is 459. The number of carbonyl (C=O) groups excluding carboxylic acids is 1. The molecule has 6 heteroatoms. The van der Waals surface area contributed by atoms with Crippen molar-refractivity contribution in [3.8, 4) is 5.75 Å². The van der Waals surface area contributed by atoms with Gasteiger partial charge in [0.05, 0.1) is 0 Å². The van der Waals surface area contributed by atoms with Crippen molar-refractivity contribution in [2.45, 2.75) is 4.90 Å². The van der Waals surface area contributed by atoms with E-state index in [2.05, 4.69) is 4.40 Å². The van der Waals surface area contributed by atoms with Gasteiger partial charge in [-0.25, -0.2) is 4.79 Å². The molecule has 0 saturated carbocycles. The normalized spacial score (nSPS) is 10.5. The highest BCUT2D eigenvalue weighted by Gasteiger charge is 2.16. The number of nitrogens with zero attached hydrogens (tertiary/aromatic N) is 1. The fourth-order valence-corrected chi connectivity index (χ4v) is 1.55. The summed E-state index contributed by atoms with van der Waals surface area (Å²) in [4.78, 5) is 9.35. The van der Waals surface area contributed by atoms with Crippen LogP contribution in [0.25, 0.3) is 0 Å². The Labute approximate surface area is 74.4 Å². The first-order valence-electron chi connectivity index (χ1n) is 3.20. The van der Waals surface area contributed by atoms with Gasteiger partial charge in [-0.1, -0.05) is 16.5 Å². The molecule has 0 bridgehead atoms. The lowest BCUT2D eigenvalue weighted by Crippen LogP contribution is -1.95. The van der Waals surface area contributed by atoms with Crippen molar-refractivity contribution in [2.75, 3.05) is 0 Å². The van der Waals surface area contributed by atoms with E-state index < -0.39 is 20.7 Å². The lowest BCUT2D eigenvalue weighted by atomic mass is 10.3. The zero-order chi connectivity index (χ0) is 9.90. The van der Waals surface area contributed by atoms with E-state index in [-0.39, 0.29) is 0 Å². The van der Waals surface area contributed by atoms with Crippen LogP contribution in [-0.2, 0) is 14.8 Å². The van der Waals surface area contributed by atoms with Gasteiger partial charge in [0.15, 0.2) is 0 Å². The van der Waals surface area contributed by atoms with Gasteiger partial charge >= 0.3 is 0 Å². The number of phenols is 1. The number of isocyanates is 1. The summed E-state index contributed by atoms with van der Waals surface area (Å²) in [5.74, 6) is -0.443. The Kier molecular flexibility index (Phi) is 2.46. The molecule has 1 aromatic rings. The highest BCUT2D eigenvalue weighted by Crippen LogP contribution is 2.22. The molecule has 0 fully saturated rings. The monoisotopic (exact) mass is 199 g/mol. The molecule has 0 spiro atoms. The van der Waals surface area contributed by atoms with Crippen molar-refractivity contribution in [1.82, 2.24) is 0 Å². The summed E-state index contributed by atoms with van der Waals surface area (Å²) in [6.45, 7) is 0. The number of rotatable bonds is 2. The fourth-order valence-electron chi connectivity index (χ4n) is 0.774. The number of sulfonamides is 1. The van der Waals surface area contributed by atoms with E-state index in [4.69, 9.17) is 5.11 Å². The SMILES string of the molecule is O=C=NS(=O)(=O)c1ccccc1O. The third-order valence-corrected chi connectivity index (χ3v) is 2.52. The third-order valence-electron chi connectivity index (χ3n) is 1.30. The molecule has 0 aliphatic heterocycles. The molecular formula is C7H5NO4S. The van der Waals surface area contributed by atoms with Gasteiger partial charge in [-0.2, -0.15) is 8.42 Å². The van der Waals surface area contributed by atoms with E-state index in [0.29, 0.717) is 0 Å². The van der Waals surface area contributed by atoms with Crippen LogP contribution in [0.2, 0.25) is 0 Å². The van der Waals surface area contributed by atoms with Crippen molar-refractivity contribution in [1.29, 1.82) is 0 Å². The van der Waals surface area contributed by atoms with E-state index in [0.717, 1.165) is 12.1 Å². The molecule has 0 radical (unpaired) electrons. The maximum atomic E-state index is 11.1. The van der Waals surface area contributed by atoms with Gasteiger partial charge in [-0.3, -0.25) is 0 Å². The zero-order valence-electron chi connectivity index (χ0n) is 6.34. The van der Waals surface area contributed by atoms with Crippen LogP contribution < -0.4 is 0 Å². The number of aromatic hydroxyl groups is 1. The van der Waals surface area contributed by atoms with Crippen LogP contribution in [0.5, 0.6) is 5.75 Å². The number of hydrogen-bond donors (Lipinski definition) is 1. The van der Waals surface area contributed by atoms with Gasteiger partial charge in [0.25, 0.3) is 16.1 Å². The average molecular weight is 199 g/mol. The van der Waals surface area contributed by atoms with Crippen LogP contribution in [-0.4, -0.2) is 19.6 Å². The van der Waals surface area contributed by atoms with Crippen LogP contribution in [0.15, 0.2) is 33.6 Å². The number of hydrogen-bond acceptors (Lipinski definition) is 4. The highest BCUT2D eigenvalue weighted by atomic mass is 32.2. The van der Waals surface area contributed by atoms with Crippen LogP contribution in [0.1, 0.15) is 0 Å². The molecule has 5 nitrogen and oxygen atoms in total. The van der Waals surface area contributed by atoms with E-state index in [1.807, 2.05) is 0 Å². The minimum atomic E-state index is -4.09. The molecule has 0 heterocycles. The Morgan fingerprint density at radius 3 is 2.46 bits per heavy atom. The summed E-state index contributed by atoms with van der Waals surface area (Å²) < 4.78 is 24.7. The summed E-state index contributed by atoms with van der Waals surface area (Å²) in [7, 11) is -4.09. The first kappa shape index (κ1) is 9.44.